The van der Waals surface area contributed by atoms with Gasteiger partial charge in [0.05, 0.1) is 27.0 Å². The van der Waals surface area contributed by atoms with Crippen molar-refractivity contribution in [1.82, 2.24) is 5.32 Å². The van der Waals surface area contributed by atoms with Crippen molar-refractivity contribution in [3.05, 3.63) is 12.1 Å². The molecule has 0 aromatic heterocycles. The number of methoxy groups -OCH3 is 3. The minimum Gasteiger partial charge on any atom is -0.493 e. The zero-order valence-electron chi connectivity index (χ0n) is 14.3. The second kappa shape index (κ2) is 8.06. The van der Waals surface area contributed by atoms with E-state index >= 15 is 0 Å². The molecule has 0 spiro atoms. The summed E-state index contributed by atoms with van der Waals surface area (Å²) in [5, 5.41) is 3.33. The van der Waals surface area contributed by atoms with Crippen molar-refractivity contribution in [3.8, 4) is 17.2 Å². The predicted molar refractivity (Wildman–Crippen MR) is 89.7 cm³/mol. The molecule has 0 bridgehead atoms. The second-order valence-corrected chi connectivity index (χ2v) is 5.73. The fourth-order valence-electron chi connectivity index (χ4n) is 2.86. The Morgan fingerprint density at radius 1 is 1.22 bits per heavy atom. The minimum atomic E-state index is 0.0890. The molecule has 1 heterocycles. The maximum absolute atomic E-state index is 12.4. The van der Waals surface area contributed by atoms with Gasteiger partial charge in [-0.25, -0.2) is 0 Å². The van der Waals surface area contributed by atoms with Gasteiger partial charge in [0.25, 0.3) is 0 Å². The van der Waals surface area contributed by atoms with Crippen LogP contribution in [0.25, 0.3) is 0 Å². The summed E-state index contributed by atoms with van der Waals surface area (Å²) in [5.74, 6) is 2.30. The molecule has 1 aliphatic heterocycles. The fraction of sp³-hybridized carbons (Fsp3) is 0.588. The Morgan fingerprint density at radius 3 is 2.35 bits per heavy atom. The molecule has 0 aliphatic carbocycles. The average molecular weight is 322 g/mol. The van der Waals surface area contributed by atoms with Crippen LogP contribution in [0.4, 0.5) is 5.69 Å². The van der Waals surface area contributed by atoms with E-state index in [1.807, 2.05) is 0 Å². The van der Waals surface area contributed by atoms with Crippen LogP contribution in [0.1, 0.15) is 19.3 Å². The number of ether oxygens (including phenoxy) is 3. The number of nitrogens with zero attached hydrogens (tertiary/aromatic N) is 1. The molecular weight excluding hydrogens is 296 g/mol. The summed E-state index contributed by atoms with van der Waals surface area (Å²) in [7, 11) is 6.46. The molecule has 1 unspecified atom stereocenters. The zero-order valence-corrected chi connectivity index (χ0v) is 14.3. The highest BCUT2D eigenvalue weighted by molar-refractivity contribution is 5.93. The molecule has 1 aromatic rings. The van der Waals surface area contributed by atoms with Gasteiger partial charge in [-0.05, 0) is 31.8 Å². The van der Waals surface area contributed by atoms with E-state index in [0.29, 0.717) is 29.6 Å². The van der Waals surface area contributed by atoms with Crippen molar-refractivity contribution in [2.45, 2.75) is 19.3 Å². The van der Waals surface area contributed by atoms with E-state index in [1.165, 1.54) is 0 Å². The molecule has 2 rings (SSSR count). The number of benzene rings is 1. The van der Waals surface area contributed by atoms with Crippen LogP contribution in [-0.4, -0.2) is 47.4 Å². The Morgan fingerprint density at radius 2 is 1.87 bits per heavy atom. The molecule has 6 nitrogen and oxygen atoms in total. The van der Waals surface area contributed by atoms with Gasteiger partial charge in [-0.15, -0.1) is 0 Å². The van der Waals surface area contributed by atoms with Crippen molar-refractivity contribution in [2.24, 2.45) is 5.92 Å². The van der Waals surface area contributed by atoms with Crippen LogP contribution >= 0.6 is 0 Å². The Labute approximate surface area is 137 Å². The number of carbonyl (C=O) groups is 1. The van der Waals surface area contributed by atoms with E-state index in [0.717, 1.165) is 31.6 Å². The molecule has 23 heavy (non-hydrogen) atoms. The second-order valence-electron chi connectivity index (χ2n) is 5.73. The lowest BCUT2D eigenvalue weighted by atomic mass is 10.0. The lowest BCUT2D eigenvalue weighted by molar-refractivity contribution is -0.118. The van der Waals surface area contributed by atoms with E-state index < -0.39 is 0 Å². The van der Waals surface area contributed by atoms with E-state index in [-0.39, 0.29) is 5.91 Å². The van der Waals surface area contributed by atoms with Crippen molar-refractivity contribution in [2.75, 3.05) is 46.4 Å². The first-order valence-corrected chi connectivity index (χ1v) is 7.88. The summed E-state index contributed by atoms with van der Waals surface area (Å²) in [6, 6.07) is 3.58. The molecule has 1 fully saturated rings. The standard InChI is InChI=1S/C17H26N2O4/c1-19(16(20)6-5-12-7-8-18-11-12)13-9-14(21-2)17(23-4)15(10-13)22-3/h9-10,12,18H,5-8,11H2,1-4H3. The maximum Gasteiger partial charge on any atom is 0.226 e. The number of rotatable bonds is 7. The number of amides is 1. The van der Waals surface area contributed by atoms with Gasteiger partial charge in [0.1, 0.15) is 0 Å². The molecule has 0 radical (unpaired) electrons. The molecule has 0 saturated carbocycles. The molecule has 1 atom stereocenters. The first kappa shape index (κ1) is 17.4. The summed E-state index contributed by atoms with van der Waals surface area (Å²) < 4.78 is 16.0. The van der Waals surface area contributed by atoms with Crippen molar-refractivity contribution in [1.29, 1.82) is 0 Å². The molecule has 6 heteroatoms. The van der Waals surface area contributed by atoms with Crippen LogP contribution in [0.15, 0.2) is 12.1 Å². The summed E-state index contributed by atoms with van der Waals surface area (Å²) in [4.78, 5) is 14.1. The molecular formula is C17H26N2O4. The summed E-state index contributed by atoms with van der Waals surface area (Å²) in [6.45, 7) is 2.07. The number of carbonyl (C=O) groups excluding carboxylic acids is 1. The van der Waals surface area contributed by atoms with Crippen LogP contribution in [0, 0.1) is 5.92 Å². The Hall–Kier alpha value is -1.95. The highest BCUT2D eigenvalue weighted by Crippen LogP contribution is 2.40. The van der Waals surface area contributed by atoms with Crippen LogP contribution in [0.5, 0.6) is 17.2 Å². The molecule has 1 aromatic carbocycles. The third-order valence-electron chi connectivity index (χ3n) is 4.34. The number of anilines is 1. The van der Waals surface area contributed by atoms with E-state index in [2.05, 4.69) is 5.32 Å². The Kier molecular flexibility index (Phi) is 6.10. The average Bonchev–Trinajstić information content (AvgIpc) is 3.10. The summed E-state index contributed by atoms with van der Waals surface area (Å²) in [6.07, 6.45) is 2.61. The topological polar surface area (TPSA) is 60.0 Å². The molecule has 1 saturated heterocycles. The SMILES string of the molecule is COc1cc(N(C)C(=O)CCC2CCNC2)cc(OC)c1OC. The third kappa shape index (κ3) is 4.07. The Bertz CT molecular complexity index is 516. The van der Waals surface area contributed by atoms with Crippen molar-refractivity contribution < 1.29 is 19.0 Å². The zero-order chi connectivity index (χ0) is 16.8. The highest BCUT2D eigenvalue weighted by Gasteiger charge is 2.20. The van der Waals surface area contributed by atoms with Crippen LogP contribution in [0.3, 0.4) is 0 Å². The molecule has 1 N–H and O–H groups in total. The predicted octanol–water partition coefficient (Wildman–Crippen LogP) is 2.06. The minimum absolute atomic E-state index is 0.0890. The van der Waals surface area contributed by atoms with Gasteiger partial charge in [-0.2, -0.15) is 0 Å². The summed E-state index contributed by atoms with van der Waals surface area (Å²) in [5.41, 5.74) is 0.731. The molecule has 128 valence electrons. The fourth-order valence-corrected chi connectivity index (χ4v) is 2.86. The quantitative estimate of drug-likeness (QED) is 0.833. The number of hydrogen-bond donors (Lipinski definition) is 1. The van der Waals surface area contributed by atoms with Crippen LogP contribution < -0.4 is 24.4 Å². The summed E-state index contributed by atoms with van der Waals surface area (Å²) >= 11 is 0. The first-order chi connectivity index (χ1) is 11.1. The van der Waals surface area contributed by atoms with E-state index in [9.17, 15) is 4.79 Å². The van der Waals surface area contributed by atoms with Crippen molar-refractivity contribution in [3.63, 3.8) is 0 Å². The van der Waals surface area contributed by atoms with Gasteiger partial charge in [0.2, 0.25) is 11.7 Å². The monoisotopic (exact) mass is 322 g/mol. The largest absolute Gasteiger partial charge is 0.493 e. The smallest absolute Gasteiger partial charge is 0.226 e. The van der Waals surface area contributed by atoms with Gasteiger partial charge < -0.3 is 24.4 Å². The normalized spacial score (nSPS) is 17.0. The first-order valence-electron chi connectivity index (χ1n) is 7.88. The third-order valence-corrected chi connectivity index (χ3v) is 4.34. The van der Waals surface area contributed by atoms with Gasteiger partial charge in [0, 0.05) is 25.6 Å². The number of hydrogen-bond acceptors (Lipinski definition) is 5. The van der Waals surface area contributed by atoms with Crippen LogP contribution in [0.2, 0.25) is 0 Å². The van der Waals surface area contributed by atoms with Gasteiger partial charge in [-0.1, -0.05) is 0 Å². The van der Waals surface area contributed by atoms with E-state index in [1.54, 1.807) is 45.4 Å². The molecule has 1 aliphatic rings. The van der Waals surface area contributed by atoms with Gasteiger partial charge in [0.15, 0.2) is 11.5 Å². The lowest BCUT2D eigenvalue weighted by Crippen LogP contribution is -2.26. The van der Waals surface area contributed by atoms with Gasteiger partial charge in [-0.3, -0.25) is 4.79 Å². The van der Waals surface area contributed by atoms with E-state index in [4.69, 9.17) is 14.2 Å². The van der Waals surface area contributed by atoms with Crippen LogP contribution in [-0.2, 0) is 4.79 Å². The molecule has 1 amide bonds. The maximum atomic E-state index is 12.4. The lowest BCUT2D eigenvalue weighted by Gasteiger charge is -2.21. The van der Waals surface area contributed by atoms with Crippen molar-refractivity contribution >= 4 is 11.6 Å². The number of nitrogens with one attached hydrogen (secondary N) is 1. The Balaban J connectivity index is 2.10. The van der Waals surface area contributed by atoms with Gasteiger partial charge >= 0.3 is 0 Å². The highest BCUT2D eigenvalue weighted by atomic mass is 16.5.